The number of hydrogen-bond donors (Lipinski definition) is 1. The number of fused-ring (bicyclic) bond motifs is 1. The molecule has 1 N–H and O–H groups in total. The van der Waals surface area contributed by atoms with Crippen molar-refractivity contribution in [3.8, 4) is 0 Å². The number of nitrogens with zero attached hydrogens (tertiary/aromatic N) is 1. The number of carboxylic acid groups (broad SMARTS) is 1. The molecular formula is C18H15NO4S. The molecule has 24 heavy (non-hydrogen) atoms. The van der Waals surface area contributed by atoms with Crippen molar-refractivity contribution in [2.45, 2.75) is 11.8 Å². The fourth-order valence-corrected chi connectivity index (χ4v) is 4.02. The van der Waals surface area contributed by atoms with Crippen LogP contribution in [0.3, 0.4) is 0 Å². The predicted octanol–water partition coefficient (Wildman–Crippen LogP) is 3.28. The maximum absolute atomic E-state index is 13.1. The molecule has 5 nitrogen and oxygen atoms in total. The number of aryl methyl sites for hydroxylation is 1. The number of para-hydroxylation sites is 1. The highest BCUT2D eigenvalue weighted by molar-refractivity contribution is 7.90. The summed E-state index contributed by atoms with van der Waals surface area (Å²) in [5, 5.41) is 9.57. The molecule has 0 unspecified atom stereocenters. The Balaban J connectivity index is 2.28. The molecule has 3 aromatic rings. The van der Waals surface area contributed by atoms with E-state index in [-0.39, 0.29) is 4.90 Å². The number of benzene rings is 2. The van der Waals surface area contributed by atoms with Crippen LogP contribution in [0.4, 0.5) is 0 Å². The molecule has 0 fully saturated rings. The number of hydrogen-bond acceptors (Lipinski definition) is 3. The van der Waals surface area contributed by atoms with Gasteiger partial charge in [-0.15, -0.1) is 0 Å². The third-order valence-corrected chi connectivity index (χ3v) is 5.41. The highest BCUT2D eigenvalue weighted by atomic mass is 32.2. The van der Waals surface area contributed by atoms with Gasteiger partial charge in [0.25, 0.3) is 10.0 Å². The Labute approximate surface area is 139 Å². The van der Waals surface area contributed by atoms with Crippen LogP contribution in [0.1, 0.15) is 11.3 Å². The summed E-state index contributed by atoms with van der Waals surface area (Å²) in [5.41, 5.74) is 1.75. The minimum atomic E-state index is -3.85. The molecule has 0 aliphatic carbocycles. The lowest BCUT2D eigenvalue weighted by molar-refractivity contribution is -0.131. The number of aromatic nitrogens is 1. The minimum absolute atomic E-state index is 0.152. The second-order valence-electron chi connectivity index (χ2n) is 5.38. The molecule has 0 radical (unpaired) electrons. The summed E-state index contributed by atoms with van der Waals surface area (Å²) < 4.78 is 27.3. The first-order valence-corrected chi connectivity index (χ1v) is 8.67. The highest BCUT2D eigenvalue weighted by Gasteiger charge is 2.22. The summed E-state index contributed by atoms with van der Waals surface area (Å²) in [6.07, 6.45) is 2.21. The number of carbonyl (C=O) groups is 1. The zero-order valence-corrected chi connectivity index (χ0v) is 13.7. The molecule has 0 saturated carbocycles. The molecule has 1 aromatic heterocycles. The van der Waals surface area contributed by atoms with Gasteiger partial charge in [-0.3, -0.25) is 0 Å². The van der Waals surface area contributed by atoms with Gasteiger partial charge < -0.3 is 5.11 Å². The fourth-order valence-electron chi connectivity index (χ4n) is 2.51. The fraction of sp³-hybridized carbons (Fsp3) is 0.0556. The summed E-state index contributed by atoms with van der Waals surface area (Å²) >= 11 is 0. The number of carboxylic acids is 1. The first-order chi connectivity index (χ1) is 11.4. The van der Waals surface area contributed by atoms with Gasteiger partial charge in [-0.1, -0.05) is 35.9 Å². The second-order valence-corrected chi connectivity index (χ2v) is 7.17. The summed E-state index contributed by atoms with van der Waals surface area (Å²) in [6.45, 7) is 1.88. The topological polar surface area (TPSA) is 76.4 Å². The first kappa shape index (κ1) is 16.0. The van der Waals surface area contributed by atoms with Gasteiger partial charge in [0.2, 0.25) is 0 Å². The lowest BCUT2D eigenvalue weighted by atomic mass is 10.2. The Morgan fingerprint density at radius 2 is 1.75 bits per heavy atom. The third-order valence-electron chi connectivity index (χ3n) is 3.65. The summed E-state index contributed by atoms with van der Waals surface area (Å²) in [4.78, 5) is 11.0. The standard InChI is InChI=1S/C18H15NO4S/c1-13-6-9-16(10-7-13)24(22,23)19-15(8-11-18(20)21)12-14-4-2-3-5-17(14)19/h2-12H,1H3,(H,20,21)/b11-8+. The van der Waals surface area contributed by atoms with Crippen molar-refractivity contribution in [1.82, 2.24) is 3.97 Å². The van der Waals surface area contributed by atoms with Crippen LogP contribution in [-0.4, -0.2) is 23.5 Å². The Morgan fingerprint density at radius 3 is 2.42 bits per heavy atom. The van der Waals surface area contributed by atoms with Gasteiger partial charge >= 0.3 is 5.97 Å². The molecule has 6 heteroatoms. The van der Waals surface area contributed by atoms with Crippen LogP contribution in [0, 0.1) is 6.92 Å². The lowest BCUT2D eigenvalue weighted by Crippen LogP contribution is -2.14. The molecule has 1 heterocycles. The van der Waals surface area contributed by atoms with Crippen molar-refractivity contribution in [3.05, 3.63) is 71.9 Å². The van der Waals surface area contributed by atoms with E-state index in [1.807, 2.05) is 6.92 Å². The average Bonchev–Trinajstić information content (AvgIpc) is 2.92. The van der Waals surface area contributed by atoms with E-state index < -0.39 is 16.0 Å². The monoisotopic (exact) mass is 341 g/mol. The van der Waals surface area contributed by atoms with Crippen molar-refractivity contribution in [2.75, 3.05) is 0 Å². The minimum Gasteiger partial charge on any atom is -0.478 e. The van der Waals surface area contributed by atoms with E-state index in [4.69, 9.17) is 5.11 Å². The molecule has 0 bridgehead atoms. The SMILES string of the molecule is Cc1ccc(S(=O)(=O)n2c(/C=C/C(=O)O)cc3ccccc32)cc1. The Hall–Kier alpha value is -2.86. The summed E-state index contributed by atoms with van der Waals surface area (Å²) in [6, 6.07) is 15.2. The third kappa shape index (κ3) is 2.83. The molecule has 122 valence electrons. The Morgan fingerprint density at radius 1 is 1.08 bits per heavy atom. The van der Waals surface area contributed by atoms with E-state index in [9.17, 15) is 13.2 Å². The van der Waals surface area contributed by atoms with Crippen LogP contribution in [0.2, 0.25) is 0 Å². The van der Waals surface area contributed by atoms with Gasteiger partial charge in [-0.25, -0.2) is 17.2 Å². The summed E-state index contributed by atoms with van der Waals surface area (Å²) in [7, 11) is -3.85. The van der Waals surface area contributed by atoms with Gasteiger partial charge in [0, 0.05) is 11.5 Å². The molecule has 0 atom stereocenters. The highest BCUT2D eigenvalue weighted by Crippen LogP contribution is 2.26. The molecule has 0 aliphatic rings. The number of aliphatic carboxylic acids is 1. The van der Waals surface area contributed by atoms with Crippen molar-refractivity contribution >= 4 is 33.0 Å². The van der Waals surface area contributed by atoms with Crippen LogP contribution in [0.25, 0.3) is 17.0 Å². The Kier molecular flexibility index (Phi) is 3.99. The van der Waals surface area contributed by atoms with Gasteiger partial charge in [0.05, 0.1) is 16.1 Å². The zero-order chi connectivity index (χ0) is 17.3. The van der Waals surface area contributed by atoms with Crippen molar-refractivity contribution in [2.24, 2.45) is 0 Å². The van der Waals surface area contributed by atoms with E-state index in [0.29, 0.717) is 11.2 Å². The van der Waals surface area contributed by atoms with Crippen LogP contribution < -0.4 is 0 Å². The van der Waals surface area contributed by atoms with Gasteiger partial charge in [-0.2, -0.15) is 0 Å². The van der Waals surface area contributed by atoms with E-state index in [1.165, 1.54) is 10.0 Å². The van der Waals surface area contributed by atoms with E-state index >= 15 is 0 Å². The van der Waals surface area contributed by atoms with Crippen molar-refractivity contribution in [3.63, 3.8) is 0 Å². The number of rotatable bonds is 4. The van der Waals surface area contributed by atoms with Crippen LogP contribution in [0.15, 0.2) is 65.6 Å². The molecule has 2 aromatic carbocycles. The van der Waals surface area contributed by atoms with Gasteiger partial charge in [0.15, 0.2) is 0 Å². The van der Waals surface area contributed by atoms with Crippen LogP contribution in [0.5, 0.6) is 0 Å². The van der Waals surface area contributed by atoms with E-state index in [1.54, 1.807) is 54.6 Å². The maximum atomic E-state index is 13.1. The first-order valence-electron chi connectivity index (χ1n) is 7.23. The van der Waals surface area contributed by atoms with Gasteiger partial charge in [-0.05, 0) is 37.3 Å². The average molecular weight is 341 g/mol. The second kappa shape index (κ2) is 5.98. The molecule has 3 rings (SSSR count). The quantitative estimate of drug-likeness (QED) is 0.739. The van der Waals surface area contributed by atoms with E-state index in [2.05, 4.69) is 0 Å². The normalized spacial score (nSPS) is 12.0. The molecule has 0 saturated heterocycles. The largest absolute Gasteiger partial charge is 0.478 e. The Bertz CT molecular complexity index is 1040. The smallest absolute Gasteiger partial charge is 0.328 e. The lowest BCUT2D eigenvalue weighted by Gasteiger charge is -2.10. The molecule has 0 amide bonds. The predicted molar refractivity (Wildman–Crippen MR) is 92.4 cm³/mol. The molecule has 0 aliphatic heterocycles. The zero-order valence-electron chi connectivity index (χ0n) is 12.9. The van der Waals surface area contributed by atoms with Crippen LogP contribution >= 0.6 is 0 Å². The molecular weight excluding hydrogens is 326 g/mol. The maximum Gasteiger partial charge on any atom is 0.328 e. The van der Waals surface area contributed by atoms with E-state index in [0.717, 1.165) is 17.0 Å². The van der Waals surface area contributed by atoms with Gasteiger partial charge in [0.1, 0.15) is 0 Å². The summed E-state index contributed by atoms with van der Waals surface area (Å²) in [5.74, 6) is -1.14. The van der Waals surface area contributed by atoms with Crippen LogP contribution in [-0.2, 0) is 14.8 Å². The molecule has 0 spiro atoms. The van der Waals surface area contributed by atoms with Crippen molar-refractivity contribution in [1.29, 1.82) is 0 Å². The van der Waals surface area contributed by atoms with Crippen molar-refractivity contribution < 1.29 is 18.3 Å².